The summed E-state index contributed by atoms with van der Waals surface area (Å²) in [5, 5.41) is 1.94. The summed E-state index contributed by atoms with van der Waals surface area (Å²) in [6, 6.07) is 14.6. The van der Waals surface area contributed by atoms with Crippen LogP contribution in [0.4, 0.5) is 11.5 Å². The smallest absolute Gasteiger partial charge is 0.140 e. The average Bonchev–Trinajstić information content (AvgIpc) is 2.67. The van der Waals surface area contributed by atoms with Crippen LogP contribution in [-0.4, -0.2) is 36.1 Å². The predicted octanol–water partition coefficient (Wildman–Crippen LogP) is 4.17. The lowest BCUT2D eigenvalue weighted by atomic mass is 10.1. The van der Waals surface area contributed by atoms with Gasteiger partial charge in [-0.15, -0.1) is 0 Å². The minimum Gasteiger partial charge on any atom is -0.368 e. The fourth-order valence-electron chi connectivity index (χ4n) is 3.41. The van der Waals surface area contributed by atoms with Gasteiger partial charge in [0, 0.05) is 42.3 Å². The first-order valence-electron chi connectivity index (χ1n) is 8.73. The monoisotopic (exact) mass is 352 g/mol. The Morgan fingerprint density at radius 3 is 2.52 bits per heavy atom. The van der Waals surface area contributed by atoms with Gasteiger partial charge in [-0.05, 0) is 42.3 Å². The van der Waals surface area contributed by atoms with Crippen molar-refractivity contribution in [2.75, 3.05) is 36.0 Å². The fourth-order valence-corrected chi connectivity index (χ4v) is 3.60. The van der Waals surface area contributed by atoms with Crippen molar-refractivity contribution in [3.8, 4) is 0 Å². The molecule has 4 rings (SSSR count). The molecule has 5 heteroatoms. The van der Waals surface area contributed by atoms with Crippen LogP contribution in [0.3, 0.4) is 0 Å². The van der Waals surface area contributed by atoms with E-state index in [0.29, 0.717) is 0 Å². The van der Waals surface area contributed by atoms with Crippen molar-refractivity contribution < 1.29 is 0 Å². The van der Waals surface area contributed by atoms with Crippen LogP contribution in [0.5, 0.6) is 0 Å². The van der Waals surface area contributed by atoms with Crippen molar-refractivity contribution in [2.24, 2.45) is 0 Å². The number of anilines is 2. The Bertz CT molecular complexity index is 888. The van der Waals surface area contributed by atoms with Crippen molar-refractivity contribution in [1.82, 2.24) is 9.97 Å². The summed E-state index contributed by atoms with van der Waals surface area (Å²) in [6.07, 6.45) is 2.69. The summed E-state index contributed by atoms with van der Waals surface area (Å²) in [5.74, 6) is 1.05. The zero-order valence-electron chi connectivity index (χ0n) is 14.3. The second-order valence-corrected chi connectivity index (χ2v) is 6.79. The van der Waals surface area contributed by atoms with Crippen LogP contribution < -0.4 is 9.80 Å². The van der Waals surface area contributed by atoms with Gasteiger partial charge in [0.2, 0.25) is 0 Å². The lowest BCUT2D eigenvalue weighted by Gasteiger charge is -2.37. The summed E-state index contributed by atoms with van der Waals surface area (Å²) in [4.78, 5) is 13.8. The molecule has 0 saturated carbocycles. The third kappa shape index (κ3) is 3.27. The van der Waals surface area contributed by atoms with Crippen LogP contribution in [0.2, 0.25) is 5.02 Å². The van der Waals surface area contributed by atoms with E-state index in [1.165, 1.54) is 11.3 Å². The van der Waals surface area contributed by atoms with Crippen LogP contribution in [0.25, 0.3) is 10.9 Å². The number of aromatic nitrogens is 2. The van der Waals surface area contributed by atoms with Gasteiger partial charge in [0.1, 0.15) is 12.1 Å². The second kappa shape index (κ2) is 6.89. The number of piperazine rings is 1. The van der Waals surface area contributed by atoms with E-state index < -0.39 is 0 Å². The van der Waals surface area contributed by atoms with E-state index in [1.54, 1.807) is 6.33 Å². The highest BCUT2D eigenvalue weighted by Crippen LogP contribution is 2.27. The van der Waals surface area contributed by atoms with Gasteiger partial charge < -0.3 is 9.80 Å². The Morgan fingerprint density at radius 2 is 1.76 bits per heavy atom. The molecule has 0 atom stereocenters. The SMILES string of the molecule is CCc1ccc2ncnc(N3CCN(c4cccc(Cl)c4)CC3)c2c1. The fraction of sp³-hybridized carbons (Fsp3) is 0.300. The van der Waals surface area contributed by atoms with Crippen molar-refractivity contribution in [2.45, 2.75) is 13.3 Å². The highest BCUT2D eigenvalue weighted by atomic mass is 35.5. The van der Waals surface area contributed by atoms with E-state index in [-0.39, 0.29) is 0 Å². The molecule has 0 aliphatic carbocycles. The van der Waals surface area contributed by atoms with Gasteiger partial charge in [0.05, 0.1) is 5.52 Å². The molecule has 0 radical (unpaired) electrons. The molecule has 25 heavy (non-hydrogen) atoms. The van der Waals surface area contributed by atoms with Crippen LogP contribution >= 0.6 is 11.6 Å². The first-order chi connectivity index (χ1) is 12.2. The molecule has 3 aromatic rings. The van der Waals surface area contributed by atoms with Gasteiger partial charge >= 0.3 is 0 Å². The molecule has 0 spiro atoms. The van der Waals surface area contributed by atoms with Crippen molar-refractivity contribution in [3.63, 3.8) is 0 Å². The minimum atomic E-state index is 0.786. The summed E-state index contributed by atoms with van der Waals surface area (Å²) < 4.78 is 0. The van der Waals surface area contributed by atoms with Crippen LogP contribution in [0.15, 0.2) is 48.8 Å². The first kappa shape index (κ1) is 16.2. The standard InChI is InChI=1S/C20H21ClN4/c1-2-15-6-7-19-18(12-15)20(23-14-22-19)25-10-8-24(9-11-25)17-5-3-4-16(21)13-17/h3-7,12-14H,2,8-11H2,1H3. The Labute approximate surface area is 153 Å². The lowest BCUT2D eigenvalue weighted by molar-refractivity contribution is 0.649. The highest BCUT2D eigenvalue weighted by Gasteiger charge is 2.20. The van der Waals surface area contributed by atoms with Crippen LogP contribution in [-0.2, 0) is 6.42 Å². The molecular formula is C20H21ClN4. The minimum absolute atomic E-state index is 0.786. The molecule has 1 saturated heterocycles. The third-order valence-corrected chi connectivity index (χ3v) is 5.07. The van der Waals surface area contributed by atoms with Gasteiger partial charge in [-0.25, -0.2) is 9.97 Å². The average molecular weight is 353 g/mol. The molecule has 128 valence electrons. The van der Waals surface area contributed by atoms with Crippen LogP contribution in [0, 0.1) is 0 Å². The zero-order chi connectivity index (χ0) is 17.2. The number of aryl methyl sites for hydroxylation is 1. The number of rotatable bonds is 3. The molecule has 1 aliphatic heterocycles. The predicted molar refractivity (Wildman–Crippen MR) is 105 cm³/mol. The van der Waals surface area contributed by atoms with E-state index >= 15 is 0 Å². The largest absolute Gasteiger partial charge is 0.368 e. The van der Waals surface area contributed by atoms with E-state index in [9.17, 15) is 0 Å². The van der Waals surface area contributed by atoms with Gasteiger partial charge in [0.15, 0.2) is 0 Å². The molecule has 0 unspecified atom stereocenters. The number of halogens is 1. The van der Waals surface area contributed by atoms with Crippen molar-refractivity contribution >= 4 is 34.0 Å². The molecule has 1 fully saturated rings. The molecule has 2 heterocycles. The molecule has 1 aromatic heterocycles. The lowest BCUT2D eigenvalue weighted by Crippen LogP contribution is -2.46. The molecule has 0 amide bonds. The van der Waals surface area contributed by atoms with Gasteiger partial charge in [-0.1, -0.05) is 30.7 Å². The molecule has 4 nitrogen and oxygen atoms in total. The van der Waals surface area contributed by atoms with Crippen molar-refractivity contribution in [1.29, 1.82) is 0 Å². The molecular weight excluding hydrogens is 332 g/mol. The summed E-state index contributed by atoms with van der Waals surface area (Å²) in [5.41, 5.74) is 3.52. The third-order valence-electron chi connectivity index (χ3n) is 4.84. The zero-order valence-corrected chi connectivity index (χ0v) is 15.1. The van der Waals surface area contributed by atoms with E-state index in [4.69, 9.17) is 11.6 Å². The van der Waals surface area contributed by atoms with E-state index in [0.717, 1.165) is 54.3 Å². The summed E-state index contributed by atoms with van der Waals surface area (Å²) in [7, 11) is 0. The number of hydrogen-bond donors (Lipinski definition) is 0. The maximum Gasteiger partial charge on any atom is 0.140 e. The van der Waals surface area contributed by atoms with Crippen LogP contribution in [0.1, 0.15) is 12.5 Å². The molecule has 1 aliphatic rings. The van der Waals surface area contributed by atoms with E-state index in [2.05, 4.69) is 51.0 Å². The highest BCUT2D eigenvalue weighted by molar-refractivity contribution is 6.30. The second-order valence-electron chi connectivity index (χ2n) is 6.36. The maximum absolute atomic E-state index is 6.13. The normalized spacial score (nSPS) is 15.0. The van der Waals surface area contributed by atoms with Gasteiger partial charge in [0.25, 0.3) is 0 Å². The van der Waals surface area contributed by atoms with Gasteiger partial charge in [-0.3, -0.25) is 0 Å². The number of hydrogen-bond acceptors (Lipinski definition) is 4. The molecule has 0 bridgehead atoms. The summed E-state index contributed by atoms with van der Waals surface area (Å²) in [6.45, 7) is 5.97. The Morgan fingerprint density at radius 1 is 0.960 bits per heavy atom. The maximum atomic E-state index is 6.13. The quantitative estimate of drug-likeness (QED) is 0.708. The Kier molecular flexibility index (Phi) is 4.45. The van der Waals surface area contributed by atoms with Gasteiger partial charge in [-0.2, -0.15) is 0 Å². The Hall–Kier alpha value is -2.33. The Balaban J connectivity index is 1.57. The summed E-state index contributed by atoms with van der Waals surface area (Å²) >= 11 is 6.13. The molecule has 0 N–H and O–H groups in total. The number of nitrogens with zero attached hydrogens (tertiary/aromatic N) is 4. The number of benzene rings is 2. The van der Waals surface area contributed by atoms with E-state index in [1.807, 2.05) is 18.2 Å². The van der Waals surface area contributed by atoms with Crippen molar-refractivity contribution in [3.05, 3.63) is 59.4 Å². The topological polar surface area (TPSA) is 32.3 Å². The first-order valence-corrected chi connectivity index (χ1v) is 9.11. The molecule has 2 aromatic carbocycles. The number of fused-ring (bicyclic) bond motifs is 1.